The van der Waals surface area contributed by atoms with Crippen LogP contribution in [0.2, 0.25) is 0 Å². The first-order chi connectivity index (χ1) is 12.6. The molecular weight excluding hydrogens is 329 g/mol. The van der Waals surface area contributed by atoms with Gasteiger partial charge in [-0.15, -0.1) is 0 Å². The first-order valence-electron chi connectivity index (χ1n) is 8.23. The maximum absolute atomic E-state index is 13.1. The molecule has 0 fully saturated rings. The van der Waals surface area contributed by atoms with Crippen LogP contribution < -0.4 is 5.32 Å². The molecule has 2 aromatic carbocycles. The van der Waals surface area contributed by atoms with Crippen LogP contribution in [0.15, 0.2) is 72.9 Å². The Bertz CT molecular complexity index is 1080. The molecule has 0 aliphatic rings. The molecule has 4 nitrogen and oxygen atoms in total. The highest BCUT2D eigenvalue weighted by Gasteiger charge is 2.17. The zero-order valence-corrected chi connectivity index (χ0v) is 14.1. The molecule has 0 spiro atoms. The standard InChI is InChI=1S/C21H16FN3O/c1-14-5-7-15(8-6-14)19-20(25-13-3-2-4-18(25)23-19)24-21(26)16-9-11-17(22)12-10-16/h2-13H,1H3,(H,24,26). The van der Waals surface area contributed by atoms with Crippen LogP contribution in [-0.2, 0) is 0 Å². The maximum Gasteiger partial charge on any atom is 0.256 e. The van der Waals surface area contributed by atoms with Gasteiger partial charge >= 0.3 is 0 Å². The predicted molar refractivity (Wildman–Crippen MR) is 99.7 cm³/mol. The number of halogens is 1. The largest absolute Gasteiger partial charge is 0.306 e. The summed E-state index contributed by atoms with van der Waals surface area (Å²) in [4.78, 5) is 17.3. The number of nitrogens with zero attached hydrogens (tertiary/aromatic N) is 2. The summed E-state index contributed by atoms with van der Waals surface area (Å²) in [6, 6.07) is 19.1. The van der Waals surface area contributed by atoms with Crippen molar-refractivity contribution in [1.29, 1.82) is 0 Å². The van der Waals surface area contributed by atoms with Gasteiger partial charge in [-0.25, -0.2) is 9.37 Å². The molecule has 0 aliphatic carbocycles. The number of amides is 1. The van der Waals surface area contributed by atoms with Crippen molar-refractivity contribution < 1.29 is 9.18 Å². The Morgan fingerprint density at radius 2 is 1.73 bits per heavy atom. The highest BCUT2D eigenvalue weighted by Crippen LogP contribution is 2.29. The van der Waals surface area contributed by atoms with Crippen molar-refractivity contribution in [2.75, 3.05) is 5.32 Å². The third-order valence-corrected chi connectivity index (χ3v) is 4.19. The van der Waals surface area contributed by atoms with Crippen LogP contribution in [0.25, 0.3) is 16.9 Å². The summed E-state index contributed by atoms with van der Waals surface area (Å²) >= 11 is 0. The number of aryl methyl sites for hydroxylation is 1. The molecule has 26 heavy (non-hydrogen) atoms. The summed E-state index contributed by atoms with van der Waals surface area (Å²) < 4.78 is 14.9. The van der Waals surface area contributed by atoms with Crippen molar-refractivity contribution in [3.05, 3.63) is 89.9 Å². The summed E-state index contributed by atoms with van der Waals surface area (Å²) in [5.74, 6) is -0.112. The molecule has 128 valence electrons. The van der Waals surface area contributed by atoms with E-state index in [0.717, 1.165) is 16.8 Å². The minimum absolute atomic E-state index is 0.316. The number of benzene rings is 2. The lowest BCUT2D eigenvalue weighted by atomic mass is 10.1. The van der Waals surface area contributed by atoms with Crippen LogP contribution in [-0.4, -0.2) is 15.3 Å². The number of carbonyl (C=O) groups is 1. The van der Waals surface area contributed by atoms with E-state index < -0.39 is 0 Å². The molecule has 0 saturated carbocycles. The van der Waals surface area contributed by atoms with Gasteiger partial charge in [0.25, 0.3) is 5.91 Å². The SMILES string of the molecule is Cc1ccc(-c2nc3ccccn3c2NC(=O)c2ccc(F)cc2)cc1. The third-order valence-electron chi connectivity index (χ3n) is 4.19. The molecule has 2 aromatic heterocycles. The summed E-state index contributed by atoms with van der Waals surface area (Å²) in [5.41, 5.74) is 3.86. The van der Waals surface area contributed by atoms with Crippen LogP contribution in [0.4, 0.5) is 10.2 Å². The minimum atomic E-state index is -0.378. The van der Waals surface area contributed by atoms with E-state index in [4.69, 9.17) is 0 Å². The van der Waals surface area contributed by atoms with Gasteiger partial charge in [-0.2, -0.15) is 0 Å². The average Bonchev–Trinajstić information content (AvgIpc) is 3.01. The molecule has 2 heterocycles. The molecule has 0 atom stereocenters. The van der Waals surface area contributed by atoms with Crippen molar-refractivity contribution in [3.8, 4) is 11.3 Å². The van der Waals surface area contributed by atoms with E-state index in [-0.39, 0.29) is 11.7 Å². The quantitative estimate of drug-likeness (QED) is 0.585. The molecule has 5 heteroatoms. The van der Waals surface area contributed by atoms with Crippen LogP contribution in [0.5, 0.6) is 0 Å². The van der Waals surface area contributed by atoms with Gasteiger partial charge in [0, 0.05) is 17.3 Å². The molecule has 0 bridgehead atoms. The lowest BCUT2D eigenvalue weighted by Crippen LogP contribution is -2.14. The summed E-state index contributed by atoms with van der Waals surface area (Å²) in [6.07, 6.45) is 1.85. The summed E-state index contributed by atoms with van der Waals surface area (Å²) in [7, 11) is 0. The van der Waals surface area contributed by atoms with Crippen LogP contribution in [0, 0.1) is 12.7 Å². The Kier molecular flexibility index (Phi) is 3.97. The number of fused-ring (bicyclic) bond motifs is 1. The molecule has 4 rings (SSSR count). The number of hydrogen-bond acceptors (Lipinski definition) is 2. The molecule has 0 aliphatic heterocycles. The van der Waals surface area contributed by atoms with E-state index in [1.807, 2.05) is 60.0 Å². The first kappa shape index (κ1) is 16.0. The highest BCUT2D eigenvalue weighted by atomic mass is 19.1. The summed E-state index contributed by atoms with van der Waals surface area (Å²) in [5, 5.41) is 2.92. The number of pyridine rings is 1. The smallest absolute Gasteiger partial charge is 0.256 e. The summed E-state index contributed by atoms with van der Waals surface area (Å²) in [6.45, 7) is 2.02. The van der Waals surface area contributed by atoms with E-state index in [0.29, 0.717) is 17.1 Å². The lowest BCUT2D eigenvalue weighted by molar-refractivity contribution is 0.102. The Morgan fingerprint density at radius 3 is 2.46 bits per heavy atom. The second-order valence-electron chi connectivity index (χ2n) is 6.06. The van der Waals surface area contributed by atoms with Crippen molar-refractivity contribution in [3.63, 3.8) is 0 Å². The van der Waals surface area contributed by atoms with Gasteiger partial charge in [0.1, 0.15) is 23.0 Å². The Labute approximate surface area is 149 Å². The fourth-order valence-corrected chi connectivity index (χ4v) is 2.81. The maximum atomic E-state index is 13.1. The fourth-order valence-electron chi connectivity index (χ4n) is 2.81. The normalized spacial score (nSPS) is 10.8. The number of aromatic nitrogens is 2. The molecule has 1 amide bonds. The van der Waals surface area contributed by atoms with Crippen molar-refractivity contribution in [1.82, 2.24) is 9.38 Å². The second-order valence-corrected chi connectivity index (χ2v) is 6.06. The minimum Gasteiger partial charge on any atom is -0.306 e. The van der Waals surface area contributed by atoms with Gasteiger partial charge in [0.15, 0.2) is 0 Å². The number of anilines is 1. The Morgan fingerprint density at radius 1 is 1.00 bits per heavy atom. The molecule has 4 aromatic rings. The van der Waals surface area contributed by atoms with Crippen LogP contribution in [0.3, 0.4) is 0 Å². The van der Waals surface area contributed by atoms with E-state index in [1.54, 1.807) is 0 Å². The van der Waals surface area contributed by atoms with Crippen LogP contribution in [0.1, 0.15) is 15.9 Å². The van der Waals surface area contributed by atoms with Gasteiger partial charge in [-0.3, -0.25) is 9.20 Å². The molecular formula is C21H16FN3O. The fraction of sp³-hybridized carbons (Fsp3) is 0.0476. The zero-order chi connectivity index (χ0) is 18.1. The molecule has 0 radical (unpaired) electrons. The van der Waals surface area contributed by atoms with Crippen molar-refractivity contribution in [2.45, 2.75) is 6.92 Å². The van der Waals surface area contributed by atoms with E-state index in [1.165, 1.54) is 24.3 Å². The van der Waals surface area contributed by atoms with Gasteiger partial charge < -0.3 is 5.32 Å². The van der Waals surface area contributed by atoms with E-state index in [2.05, 4.69) is 10.3 Å². The highest BCUT2D eigenvalue weighted by molar-refractivity contribution is 6.05. The number of hydrogen-bond donors (Lipinski definition) is 1. The second kappa shape index (κ2) is 6.44. The number of carbonyl (C=O) groups excluding carboxylic acids is 1. The van der Waals surface area contributed by atoms with Gasteiger partial charge in [-0.05, 0) is 43.3 Å². The van der Waals surface area contributed by atoms with Gasteiger partial charge in [-0.1, -0.05) is 35.9 Å². The number of nitrogens with one attached hydrogen (secondary N) is 1. The third kappa shape index (κ3) is 2.95. The molecule has 0 saturated heterocycles. The van der Waals surface area contributed by atoms with E-state index in [9.17, 15) is 9.18 Å². The Hall–Kier alpha value is -3.47. The van der Waals surface area contributed by atoms with Crippen molar-refractivity contribution >= 4 is 17.4 Å². The number of imidazole rings is 1. The number of rotatable bonds is 3. The average molecular weight is 345 g/mol. The van der Waals surface area contributed by atoms with Crippen molar-refractivity contribution in [2.24, 2.45) is 0 Å². The van der Waals surface area contributed by atoms with Gasteiger partial charge in [0.2, 0.25) is 0 Å². The van der Waals surface area contributed by atoms with E-state index >= 15 is 0 Å². The predicted octanol–water partition coefficient (Wildman–Crippen LogP) is 4.70. The lowest BCUT2D eigenvalue weighted by Gasteiger charge is -2.08. The molecule has 1 N–H and O–H groups in total. The molecule has 0 unspecified atom stereocenters. The monoisotopic (exact) mass is 345 g/mol. The Balaban J connectivity index is 1.79. The van der Waals surface area contributed by atoms with Crippen LogP contribution >= 0.6 is 0 Å². The topological polar surface area (TPSA) is 46.4 Å². The zero-order valence-electron chi connectivity index (χ0n) is 14.1. The van der Waals surface area contributed by atoms with Gasteiger partial charge in [0.05, 0.1) is 0 Å². The first-order valence-corrected chi connectivity index (χ1v) is 8.23.